The predicted molar refractivity (Wildman–Crippen MR) is 106 cm³/mol. The van der Waals surface area contributed by atoms with E-state index in [9.17, 15) is 14.7 Å². The Labute approximate surface area is 171 Å². The number of imidazole rings is 1. The number of nitrogens with one attached hydrogen (secondary N) is 2. The Balaban J connectivity index is 1.89. The van der Waals surface area contributed by atoms with Crippen molar-refractivity contribution in [2.24, 2.45) is 0 Å². The molecule has 10 heteroatoms. The predicted octanol–water partition coefficient (Wildman–Crippen LogP) is 3.80. The summed E-state index contributed by atoms with van der Waals surface area (Å²) in [4.78, 5) is 34.7. The molecule has 0 aliphatic heterocycles. The Morgan fingerprint density at radius 2 is 2.03 bits per heavy atom. The third kappa shape index (κ3) is 4.09. The number of carboxylic acids is 1. The third-order valence-corrected chi connectivity index (χ3v) is 4.53. The van der Waals surface area contributed by atoms with E-state index in [1.807, 2.05) is 6.92 Å². The van der Waals surface area contributed by atoms with E-state index in [0.29, 0.717) is 35.5 Å². The van der Waals surface area contributed by atoms with Gasteiger partial charge in [-0.25, -0.2) is 14.8 Å². The number of H-pyrrole nitrogens is 1. The van der Waals surface area contributed by atoms with Crippen molar-refractivity contribution >= 4 is 29.2 Å². The normalized spacial score (nSPS) is 10.8. The highest BCUT2D eigenvalue weighted by Crippen LogP contribution is 2.32. The highest BCUT2D eigenvalue weighted by Gasteiger charge is 2.21. The molecule has 29 heavy (non-hydrogen) atoms. The molecule has 0 saturated carbocycles. The Hall–Kier alpha value is -3.33. The van der Waals surface area contributed by atoms with Crippen LogP contribution < -0.4 is 10.1 Å². The number of aromatic nitrogens is 3. The van der Waals surface area contributed by atoms with Crippen LogP contribution in [0.25, 0.3) is 11.5 Å². The minimum Gasteiger partial charge on any atom is -0.495 e. The number of hydrogen-bond acceptors (Lipinski definition) is 6. The van der Waals surface area contributed by atoms with E-state index in [1.165, 1.54) is 7.11 Å². The van der Waals surface area contributed by atoms with Gasteiger partial charge in [0, 0.05) is 12.0 Å². The number of aromatic carboxylic acids is 1. The van der Waals surface area contributed by atoms with Crippen LogP contribution in [0.15, 0.2) is 22.6 Å². The fourth-order valence-electron chi connectivity index (χ4n) is 2.72. The number of carboxylic acid groups (broad SMARTS) is 1. The highest BCUT2D eigenvalue weighted by molar-refractivity contribution is 6.30. The quantitative estimate of drug-likeness (QED) is 0.531. The number of rotatable bonds is 7. The molecule has 0 fully saturated rings. The second-order valence-electron chi connectivity index (χ2n) is 6.03. The fourth-order valence-corrected chi connectivity index (χ4v) is 2.99. The van der Waals surface area contributed by atoms with E-state index in [0.717, 1.165) is 0 Å². The number of aryl methyl sites for hydroxylation is 2. The zero-order valence-electron chi connectivity index (χ0n) is 16.0. The molecule has 0 spiro atoms. The molecule has 0 radical (unpaired) electrons. The first-order valence-corrected chi connectivity index (χ1v) is 9.22. The molecule has 0 bridgehead atoms. The SMILES string of the molecule is CCc1[nH]c(C(=O)Nc2ccc(-c3nc(C(=O)O)c(CC)o3)cc2OC)nc1Cl. The van der Waals surface area contributed by atoms with Crippen LogP contribution in [0.3, 0.4) is 0 Å². The van der Waals surface area contributed by atoms with Gasteiger partial charge in [-0.15, -0.1) is 0 Å². The lowest BCUT2D eigenvalue weighted by atomic mass is 10.2. The fraction of sp³-hybridized carbons (Fsp3) is 0.263. The smallest absolute Gasteiger partial charge is 0.358 e. The van der Waals surface area contributed by atoms with E-state index < -0.39 is 11.9 Å². The molecule has 3 rings (SSSR count). The summed E-state index contributed by atoms with van der Waals surface area (Å²) in [6, 6.07) is 4.84. The number of methoxy groups -OCH3 is 1. The van der Waals surface area contributed by atoms with Gasteiger partial charge in [0.15, 0.2) is 16.7 Å². The summed E-state index contributed by atoms with van der Waals surface area (Å²) in [6.07, 6.45) is 1.01. The number of halogens is 1. The lowest BCUT2D eigenvalue weighted by Crippen LogP contribution is -2.14. The number of nitrogens with zero attached hydrogens (tertiary/aromatic N) is 2. The monoisotopic (exact) mass is 418 g/mol. The number of hydrogen-bond donors (Lipinski definition) is 3. The van der Waals surface area contributed by atoms with E-state index in [2.05, 4.69) is 20.3 Å². The van der Waals surface area contributed by atoms with Crippen molar-refractivity contribution in [2.45, 2.75) is 26.7 Å². The number of carbonyl (C=O) groups is 2. The molecule has 0 aliphatic rings. The Bertz CT molecular complexity index is 1070. The largest absolute Gasteiger partial charge is 0.495 e. The molecule has 0 aliphatic carbocycles. The summed E-state index contributed by atoms with van der Waals surface area (Å²) in [5, 5.41) is 12.2. The molecule has 152 valence electrons. The maximum atomic E-state index is 12.5. The van der Waals surface area contributed by atoms with Crippen LogP contribution in [0.5, 0.6) is 5.75 Å². The molecule has 1 amide bonds. The van der Waals surface area contributed by atoms with Crippen LogP contribution in [0.4, 0.5) is 5.69 Å². The summed E-state index contributed by atoms with van der Waals surface area (Å²) >= 11 is 5.98. The van der Waals surface area contributed by atoms with Gasteiger partial charge in [0.25, 0.3) is 5.91 Å². The number of anilines is 1. The van der Waals surface area contributed by atoms with Crippen LogP contribution in [0, 0.1) is 0 Å². The van der Waals surface area contributed by atoms with Gasteiger partial charge >= 0.3 is 5.97 Å². The third-order valence-electron chi connectivity index (χ3n) is 4.21. The molecule has 0 atom stereocenters. The lowest BCUT2D eigenvalue weighted by molar-refractivity contribution is 0.0688. The Kier molecular flexibility index (Phi) is 5.88. The molecule has 3 aromatic rings. The summed E-state index contributed by atoms with van der Waals surface area (Å²) < 4.78 is 10.9. The number of oxazole rings is 1. The first-order valence-electron chi connectivity index (χ1n) is 8.85. The van der Waals surface area contributed by atoms with Crippen LogP contribution in [-0.2, 0) is 12.8 Å². The Morgan fingerprint density at radius 3 is 2.59 bits per heavy atom. The summed E-state index contributed by atoms with van der Waals surface area (Å²) in [7, 11) is 1.45. The Morgan fingerprint density at radius 1 is 1.28 bits per heavy atom. The van der Waals surface area contributed by atoms with Crippen LogP contribution >= 0.6 is 11.6 Å². The number of ether oxygens (including phenoxy) is 1. The van der Waals surface area contributed by atoms with Crippen molar-refractivity contribution < 1.29 is 23.8 Å². The first kappa shape index (κ1) is 20.4. The molecular weight excluding hydrogens is 400 g/mol. The summed E-state index contributed by atoms with van der Waals surface area (Å²) in [5.41, 5.74) is 1.45. The zero-order chi connectivity index (χ0) is 21.1. The minimum absolute atomic E-state index is 0.0874. The van der Waals surface area contributed by atoms with E-state index in [4.69, 9.17) is 20.8 Å². The van der Waals surface area contributed by atoms with Crippen LogP contribution in [0.1, 0.15) is 46.4 Å². The van der Waals surface area contributed by atoms with Gasteiger partial charge in [-0.1, -0.05) is 25.4 Å². The minimum atomic E-state index is -1.16. The maximum Gasteiger partial charge on any atom is 0.358 e. The zero-order valence-corrected chi connectivity index (χ0v) is 16.8. The van der Waals surface area contributed by atoms with Gasteiger partial charge in [0.1, 0.15) is 11.5 Å². The van der Waals surface area contributed by atoms with Crippen LogP contribution in [0.2, 0.25) is 5.15 Å². The standard InChI is InChI=1S/C19H19ClN4O5/c1-4-10-15(20)24-16(21-10)17(25)22-11-7-6-9(8-13(11)28-3)18-23-14(19(26)27)12(5-2)29-18/h6-8H,4-5H2,1-3H3,(H,21,24)(H,22,25)(H,26,27). The second kappa shape index (κ2) is 8.36. The topological polar surface area (TPSA) is 130 Å². The molecule has 0 saturated heterocycles. The number of benzene rings is 1. The van der Waals surface area contributed by atoms with E-state index >= 15 is 0 Å². The number of aromatic amines is 1. The van der Waals surface area contributed by atoms with Gasteiger partial charge in [-0.3, -0.25) is 4.79 Å². The molecule has 1 aromatic carbocycles. The average molecular weight is 419 g/mol. The summed E-state index contributed by atoms with van der Waals surface area (Å²) in [6.45, 7) is 3.67. The molecule has 2 aromatic heterocycles. The molecule has 9 nitrogen and oxygen atoms in total. The van der Waals surface area contributed by atoms with E-state index in [1.54, 1.807) is 25.1 Å². The number of carbonyl (C=O) groups excluding carboxylic acids is 1. The van der Waals surface area contributed by atoms with Gasteiger partial charge in [0.2, 0.25) is 5.89 Å². The van der Waals surface area contributed by atoms with Crippen molar-refractivity contribution in [2.75, 3.05) is 12.4 Å². The molecule has 0 unspecified atom stereocenters. The molecule has 3 N–H and O–H groups in total. The molecule has 2 heterocycles. The van der Waals surface area contributed by atoms with Crippen molar-refractivity contribution in [3.05, 3.63) is 46.3 Å². The average Bonchev–Trinajstić information content (AvgIpc) is 3.31. The lowest BCUT2D eigenvalue weighted by Gasteiger charge is -2.10. The van der Waals surface area contributed by atoms with Crippen molar-refractivity contribution in [1.29, 1.82) is 0 Å². The van der Waals surface area contributed by atoms with Gasteiger partial charge in [-0.2, -0.15) is 0 Å². The van der Waals surface area contributed by atoms with Gasteiger partial charge in [-0.05, 0) is 24.6 Å². The van der Waals surface area contributed by atoms with Gasteiger partial charge < -0.3 is 24.6 Å². The molecular formula is C19H19ClN4O5. The van der Waals surface area contributed by atoms with Crippen molar-refractivity contribution in [3.8, 4) is 17.2 Å². The van der Waals surface area contributed by atoms with E-state index in [-0.39, 0.29) is 28.3 Å². The van der Waals surface area contributed by atoms with Gasteiger partial charge in [0.05, 0.1) is 18.5 Å². The number of amides is 1. The first-order chi connectivity index (χ1) is 13.9. The van der Waals surface area contributed by atoms with Crippen molar-refractivity contribution in [3.63, 3.8) is 0 Å². The van der Waals surface area contributed by atoms with Crippen LogP contribution in [-0.4, -0.2) is 39.0 Å². The van der Waals surface area contributed by atoms with Crippen molar-refractivity contribution in [1.82, 2.24) is 15.0 Å². The maximum absolute atomic E-state index is 12.5. The summed E-state index contributed by atoms with van der Waals surface area (Å²) in [5.74, 6) is -0.765. The second-order valence-corrected chi connectivity index (χ2v) is 6.39. The highest BCUT2D eigenvalue weighted by atomic mass is 35.5.